The van der Waals surface area contributed by atoms with Crippen LogP contribution in [0.1, 0.15) is 53.4 Å². The minimum absolute atomic E-state index is 0.150. The third-order valence-electron chi connectivity index (χ3n) is 6.16. The van der Waals surface area contributed by atoms with Crippen LogP contribution in [-0.4, -0.2) is 46.4 Å². The SMILES string of the molecule is CC.CC(C)C1CCN(CC2CCN(c3cc(S(=O)[O-])ccc3F)CC2)CC1. The van der Waals surface area contributed by atoms with Gasteiger partial charge in [-0.05, 0) is 85.8 Å². The highest BCUT2D eigenvalue weighted by molar-refractivity contribution is 7.79. The van der Waals surface area contributed by atoms with E-state index in [1.54, 1.807) is 0 Å². The molecule has 1 aromatic rings. The summed E-state index contributed by atoms with van der Waals surface area (Å²) in [4.78, 5) is 4.74. The maximum Gasteiger partial charge on any atom is 0.146 e. The lowest BCUT2D eigenvalue weighted by atomic mass is 9.86. The summed E-state index contributed by atoms with van der Waals surface area (Å²) in [5.74, 6) is 1.97. The number of nitrogens with zero attached hydrogens (tertiary/aromatic N) is 2. The van der Waals surface area contributed by atoms with Crippen LogP contribution >= 0.6 is 0 Å². The fourth-order valence-electron chi connectivity index (χ4n) is 4.36. The Kier molecular flexibility index (Phi) is 9.38. The van der Waals surface area contributed by atoms with Crippen molar-refractivity contribution >= 4 is 16.8 Å². The number of anilines is 1. The normalized spacial score (nSPS) is 20.8. The molecule has 0 aliphatic carbocycles. The molecule has 0 saturated carbocycles. The maximum atomic E-state index is 14.1. The van der Waals surface area contributed by atoms with Crippen LogP contribution in [0.4, 0.5) is 10.1 Å². The first kappa shape index (κ1) is 23.3. The van der Waals surface area contributed by atoms with E-state index in [9.17, 15) is 13.2 Å². The Morgan fingerprint density at radius 2 is 1.71 bits per heavy atom. The number of rotatable bonds is 5. The van der Waals surface area contributed by atoms with Crippen molar-refractivity contribution in [3.63, 3.8) is 0 Å². The standard InChI is InChI=1S/C20H31FN2O2S.C2H6/c1-15(2)17-7-9-22(10-8-17)14-16-5-11-23(12-6-16)20-13-18(26(24)25)3-4-19(20)21;1-2/h3-4,13,15-17H,5-12,14H2,1-2H3,(H,24,25);1-2H3/p-1. The van der Waals surface area contributed by atoms with Crippen LogP contribution in [0.5, 0.6) is 0 Å². The highest BCUT2D eigenvalue weighted by Crippen LogP contribution is 2.29. The molecular formula is C22H36FN2O2S-. The number of hydrogen-bond donors (Lipinski definition) is 0. The van der Waals surface area contributed by atoms with Crippen LogP contribution < -0.4 is 4.90 Å². The molecule has 2 fully saturated rings. The monoisotopic (exact) mass is 411 g/mol. The Bertz CT molecular complexity index is 625. The molecule has 0 aromatic heterocycles. The quantitative estimate of drug-likeness (QED) is 0.660. The van der Waals surface area contributed by atoms with Gasteiger partial charge in [-0.25, -0.2) is 4.39 Å². The first-order valence-electron chi connectivity index (χ1n) is 10.8. The second-order valence-electron chi connectivity index (χ2n) is 8.16. The van der Waals surface area contributed by atoms with Gasteiger partial charge in [0.2, 0.25) is 0 Å². The summed E-state index contributed by atoms with van der Waals surface area (Å²) in [6.45, 7) is 13.8. The first-order valence-corrected chi connectivity index (χ1v) is 11.9. The summed E-state index contributed by atoms with van der Waals surface area (Å²) >= 11 is -2.32. The Labute approximate surface area is 172 Å². The van der Waals surface area contributed by atoms with E-state index in [0.717, 1.165) is 44.3 Å². The van der Waals surface area contributed by atoms with Gasteiger partial charge in [0.25, 0.3) is 0 Å². The van der Waals surface area contributed by atoms with Crippen LogP contribution in [0.3, 0.4) is 0 Å². The van der Waals surface area contributed by atoms with Gasteiger partial charge >= 0.3 is 0 Å². The Hall–Kier alpha value is -0.980. The van der Waals surface area contributed by atoms with Gasteiger partial charge in [0.1, 0.15) is 5.82 Å². The summed E-state index contributed by atoms with van der Waals surface area (Å²) in [6, 6.07) is 4.02. The molecule has 160 valence electrons. The van der Waals surface area contributed by atoms with Gasteiger partial charge in [-0.2, -0.15) is 0 Å². The zero-order valence-electron chi connectivity index (χ0n) is 17.8. The number of benzene rings is 1. The van der Waals surface area contributed by atoms with Gasteiger partial charge in [0.15, 0.2) is 0 Å². The van der Waals surface area contributed by atoms with Crippen molar-refractivity contribution in [3.05, 3.63) is 24.0 Å². The molecule has 2 heterocycles. The third-order valence-corrected chi connectivity index (χ3v) is 6.80. The Balaban J connectivity index is 0.00000136. The average Bonchev–Trinajstić information content (AvgIpc) is 2.71. The molecule has 1 unspecified atom stereocenters. The van der Waals surface area contributed by atoms with E-state index in [1.165, 1.54) is 44.1 Å². The highest BCUT2D eigenvalue weighted by atomic mass is 32.2. The van der Waals surface area contributed by atoms with E-state index in [2.05, 4.69) is 18.7 Å². The Morgan fingerprint density at radius 3 is 2.25 bits per heavy atom. The number of hydrogen-bond acceptors (Lipinski definition) is 4. The fraction of sp³-hybridized carbons (Fsp3) is 0.727. The van der Waals surface area contributed by atoms with Crippen molar-refractivity contribution in [1.82, 2.24) is 4.90 Å². The second kappa shape index (κ2) is 11.3. The van der Waals surface area contributed by atoms with Gasteiger partial charge in [-0.15, -0.1) is 0 Å². The lowest BCUT2D eigenvalue weighted by molar-refractivity contribution is 0.132. The van der Waals surface area contributed by atoms with E-state index < -0.39 is 11.1 Å². The maximum absolute atomic E-state index is 14.1. The molecule has 0 amide bonds. The first-order chi connectivity index (χ1) is 13.4. The van der Waals surface area contributed by atoms with Crippen LogP contribution in [0.25, 0.3) is 0 Å². The minimum atomic E-state index is -2.32. The van der Waals surface area contributed by atoms with Gasteiger partial charge in [-0.3, -0.25) is 4.21 Å². The van der Waals surface area contributed by atoms with E-state index in [-0.39, 0.29) is 10.7 Å². The van der Waals surface area contributed by atoms with E-state index >= 15 is 0 Å². The molecule has 2 aliphatic heterocycles. The zero-order valence-corrected chi connectivity index (χ0v) is 18.6. The molecule has 0 bridgehead atoms. The van der Waals surface area contributed by atoms with Crippen LogP contribution in [0.2, 0.25) is 0 Å². The van der Waals surface area contributed by atoms with Crippen molar-refractivity contribution < 1.29 is 13.2 Å². The molecule has 2 aliphatic rings. The van der Waals surface area contributed by atoms with Gasteiger partial charge in [-0.1, -0.05) is 27.7 Å². The van der Waals surface area contributed by atoms with E-state index in [4.69, 9.17) is 0 Å². The zero-order chi connectivity index (χ0) is 20.7. The van der Waals surface area contributed by atoms with Gasteiger partial charge < -0.3 is 14.4 Å². The van der Waals surface area contributed by atoms with Crippen molar-refractivity contribution in [1.29, 1.82) is 0 Å². The molecule has 1 atom stereocenters. The summed E-state index contributed by atoms with van der Waals surface area (Å²) in [6.07, 6.45) is 4.68. The van der Waals surface area contributed by atoms with Gasteiger partial charge in [0, 0.05) is 24.5 Å². The number of likely N-dealkylation sites (tertiary alicyclic amines) is 1. The molecule has 4 nitrogen and oxygen atoms in total. The highest BCUT2D eigenvalue weighted by Gasteiger charge is 2.26. The molecule has 1 aromatic carbocycles. The molecule has 28 heavy (non-hydrogen) atoms. The van der Waals surface area contributed by atoms with Crippen molar-refractivity contribution in [2.24, 2.45) is 17.8 Å². The molecule has 0 N–H and O–H groups in total. The predicted octanol–water partition coefficient (Wildman–Crippen LogP) is 4.67. The molecule has 3 rings (SSSR count). The van der Waals surface area contributed by atoms with E-state index in [0.29, 0.717) is 11.6 Å². The lowest BCUT2D eigenvalue weighted by Gasteiger charge is -2.39. The topological polar surface area (TPSA) is 46.6 Å². The van der Waals surface area contributed by atoms with Gasteiger partial charge in [0.05, 0.1) is 5.69 Å². The fourth-order valence-corrected chi connectivity index (χ4v) is 4.75. The minimum Gasteiger partial charge on any atom is -0.768 e. The lowest BCUT2D eigenvalue weighted by Crippen LogP contribution is -2.42. The van der Waals surface area contributed by atoms with Crippen LogP contribution in [-0.2, 0) is 11.1 Å². The third kappa shape index (κ3) is 6.26. The molecular weight excluding hydrogens is 375 g/mol. The van der Waals surface area contributed by atoms with Crippen molar-refractivity contribution in [2.75, 3.05) is 37.6 Å². The predicted molar refractivity (Wildman–Crippen MR) is 114 cm³/mol. The van der Waals surface area contributed by atoms with Crippen molar-refractivity contribution in [2.45, 2.75) is 58.3 Å². The molecule has 0 spiro atoms. The average molecular weight is 412 g/mol. The molecule has 6 heteroatoms. The summed E-state index contributed by atoms with van der Waals surface area (Å²) in [5.41, 5.74) is 0.419. The second-order valence-corrected chi connectivity index (χ2v) is 9.10. The molecule has 0 radical (unpaired) electrons. The summed E-state index contributed by atoms with van der Waals surface area (Å²) in [7, 11) is 0. The number of piperidine rings is 2. The summed E-state index contributed by atoms with van der Waals surface area (Å²) < 4.78 is 36.4. The smallest absolute Gasteiger partial charge is 0.146 e. The van der Waals surface area contributed by atoms with Crippen LogP contribution in [0, 0.1) is 23.6 Å². The van der Waals surface area contributed by atoms with Crippen LogP contribution in [0.15, 0.2) is 23.1 Å². The largest absolute Gasteiger partial charge is 0.768 e. The molecule has 2 saturated heterocycles. The summed E-state index contributed by atoms with van der Waals surface area (Å²) in [5, 5.41) is 0. The van der Waals surface area contributed by atoms with Crippen molar-refractivity contribution in [3.8, 4) is 0 Å². The Morgan fingerprint density at radius 1 is 1.11 bits per heavy atom. The van der Waals surface area contributed by atoms with E-state index in [1.807, 2.05) is 18.7 Å². The number of halogens is 1.